The fourth-order valence-electron chi connectivity index (χ4n) is 2.76. The smallest absolute Gasteiger partial charge is 0.129 e. The molecule has 1 aliphatic rings. The van der Waals surface area contributed by atoms with Crippen molar-refractivity contribution < 1.29 is 0 Å². The number of aromatic nitrogens is 1. The molecule has 1 atom stereocenters. The van der Waals surface area contributed by atoms with E-state index in [4.69, 9.17) is 17.4 Å². The van der Waals surface area contributed by atoms with Crippen LogP contribution in [0.2, 0.25) is 5.15 Å². The number of pyridine rings is 1. The summed E-state index contributed by atoms with van der Waals surface area (Å²) >= 11 is 5.94. The van der Waals surface area contributed by atoms with Crippen LogP contribution in [0.5, 0.6) is 0 Å². The third-order valence-electron chi connectivity index (χ3n) is 3.66. The van der Waals surface area contributed by atoms with Gasteiger partial charge in [-0.05, 0) is 36.5 Å². The van der Waals surface area contributed by atoms with Crippen LogP contribution in [0, 0.1) is 5.92 Å². The Labute approximate surface area is 108 Å². The van der Waals surface area contributed by atoms with Gasteiger partial charge >= 0.3 is 0 Å². The average molecular weight is 254 g/mol. The molecule has 0 amide bonds. The number of hydrogen-bond donors (Lipinski definition) is 2. The van der Waals surface area contributed by atoms with Gasteiger partial charge in [0.2, 0.25) is 0 Å². The van der Waals surface area contributed by atoms with Crippen molar-refractivity contribution in [2.24, 2.45) is 11.8 Å². The first kappa shape index (κ1) is 12.8. The zero-order valence-electron chi connectivity index (χ0n) is 10.0. The molecule has 4 heteroatoms. The zero-order chi connectivity index (χ0) is 12.1. The van der Waals surface area contributed by atoms with Gasteiger partial charge in [0.1, 0.15) is 5.15 Å². The van der Waals surface area contributed by atoms with E-state index in [1.165, 1.54) is 38.5 Å². The highest BCUT2D eigenvalue weighted by Gasteiger charge is 2.23. The van der Waals surface area contributed by atoms with Crippen molar-refractivity contribution in [3.63, 3.8) is 0 Å². The summed E-state index contributed by atoms with van der Waals surface area (Å²) in [6, 6.07) is 4.12. The molecular weight excluding hydrogens is 234 g/mol. The van der Waals surface area contributed by atoms with Gasteiger partial charge in [0.15, 0.2) is 0 Å². The lowest BCUT2D eigenvalue weighted by Crippen LogP contribution is -2.33. The summed E-state index contributed by atoms with van der Waals surface area (Å²) in [5.41, 5.74) is 4.11. The Morgan fingerprint density at radius 2 is 2.00 bits per heavy atom. The first-order chi connectivity index (χ1) is 8.31. The number of hydrazine groups is 1. The third-order valence-corrected chi connectivity index (χ3v) is 3.87. The van der Waals surface area contributed by atoms with E-state index in [1.807, 2.05) is 12.1 Å². The second-order valence-electron chi connectivity index (χ2n) is 4.81. The average Bonchev–Trinajstić information content (AvgIpc) is 2.59. The molecule has 94 valence electrons. The topological polar surface area (TPSA) is 50.9 Å². The van der Waals surface area contributed by atoms with Crippen molar-refractivity contribution in [3.05, 3.63) is 29.0 Å². The molecule has 0 saturated heterocycles. The molecule has 1 saturated carbocycles. The first-order valence-electron chi connectivity index (χ1n) is 6.39. The second-order valence-corrected chi connectivity index (χ2v) is 5.20. The summed E-state index contributed by atoms with van der Waals surface area (Å²) < 4.78 is 0. The number of halogens is 1. The molecule has 2 rings (SSSR count). The van der Waals surface area contributed by atoms with Crippen molar-refractivity contribution >= 4 is 11.6 Å². The molecule has 1 aromatic heterocycles. The monoisotopic (exact) mass is 253 g/mol. The molecule has 1 aliphatic carbocycles. The van der Waals surface area contributed by atoms with Crippen molar-refractivity contribution in [1.82, 2.24) is 10.4 Å². The fourth-order valence-corrected chi connectivity index (χ4v) is 2.94. The first-order valence-corrected chi connectivity index (χ1v) is 6.76. The van der Waals surface area contributed by atoms with Gasteiger partial charge in [-0.25, -0.2) is 4.98 Å². The lowest BCUT2D eigenvalue weighted by atomic mass is 9.88. The molecule has 1 heterocycles. The SMILES string of the molecule is NNC(c1ccnc(Cl)c1)C1CCCCCC1. The van der Waals surface area contributed by atoms with Crippen molar-refractivity contribution in [3.8, 4) is 0 Å². The molecule has 0 radical (unpaired) electrons. The molecule has 17 heavy (non-hydrogen) atoms. The molecule has 0 aromatic carbocycles. The lowest BCUT2D eigenvalue weighted by Gasteiger charge is -2.25. The van der Waals surface area contributed by atoms with Crippen LogP contribution in [0.15, 0.2) is 18.3 Å². The summed E-state index contributed by atoms with van der Waals surface area (Å²) in [4.78, 5) is 4.02. The van der Waals surface area contributed by atoms with Crippen LogP contribution in [-0.2, 0) is 0 Å². The van der Waals surface area contributed by atoms with Crippen molar-refractivity contribution in [2.75, 3.05) is 0 Å². The molecule has 3 N–H and O–H groups in total. The summed E-state index contributed by atoms with van der Waals surface area (Å²) in [6.07, 6.45) is 9.56. The Balaban J connectivity index is 2.14. The van der Waals surface area contributed by atoms with E-state index in [1.54, 1.807) is 6.20 Å². The Morgan fingerprint density at radius 1 is 1.29 bits per heavy atom. The van der Waals surface area contributed by atoms with E-state index in [0.717, 1.165) is 5.56 Å². The molecule has 1 unspecified atom stereocenters. The molecule has 0 aliphatic heterocycles. The van der Waals surface area contributed by atoms with Gasteiger partial charge in [-0.2, -0.15) is 0 Å². The van der Waals surface area contributed by atoms with Crippen molar-refractivity contribution in [1.29, 1.82) is 0 Å². The molecular formula is C13H20ClN3. The number of nitrogens with two attached hydrogens (primary N) is 1. The molecule has 1 aromatic rings. The van der Waals surface area contributed by atoms with E-state index in [9.17, 15) is 0 Å². The van der Waals surface area contributed by atoms with Gasteiger partial charge < -0.3 is 0 Å². The van der Waals surface area contributed by atoms with Gasteiger partial charge in [0, 0.05) is 12.2 Å². The number of nitrogens with zero attached hydrogens (tertiary/aromatic N) is 1. The summed E-state index contributed by atoms with van der Waals surface area (Å²) in [6.45, 7) is 0. The van der Waals surface area contributed by atoms with Gasteiger partial charge in [-0.3, -0.25) is 11.3 Å². The standard InChI is InChI=1S/C13H20ClN3/c14-12-9-11(7-8-16-12)13(17-15)10-5-3-1-2-4-6-10/h7-10,13,17H,1-6,15H2. The summed E-state index contributed by atoms with van der Waals surface area (Å²) in [7, 11) is 0. The highest BCUT2D eigenvalue weighted by molar-refractivity contribution is 6.29. The minimum Gasteiger partial charge on any atom is -0.271 e. The van der Waals surface area contributed by atoms with Gasteiger partial charge in [-0.15, -0.1) is 0 Å². The number of nitrogens with one attached hydrogen (secondary N) is 1. The quantitative estimate of drug-likeness (QED) is 0.376. The van der Waals surface area contributed by atoms with Crippen LogP contribution < -0.4 is 11.3 Å². The van der Waals surface area contributed by atoms with Crippen LogP contribution >= 0.6 is 11.6 Å². The van der Waals surface area contributed by atoms with Crippen LogP contribution in [0.3, 0.4) is 0 Å². The van der Waals surface area contributed by atoms with E-state index >= 15 is 0 Å². The van der Waals surface area contributed by atoms with Gasteiger partial charge in [-0.1, -0.05) is 37.3 Å². The number of hydrogen-bond acceptors (Lipinski definition) is 3. The zero-order valence-corrected chi connectivity index (χ0v) is 10.8. The van der Waals surface area contributed by atoms with Crippen LogP contribution in [-0.4, -0.2) is 4.98 Å². The fraction of sp³-hybridized carbons (Fsp3) is 0.615. The molecule has 0 spiro atoms. The van der Waals surface area contributed by atoms with E-state index in [0.29, 0.717) is 11.1 Å². The molecule has 0 bridgehead atoms. The maximum absolute atomic E-state index is 5.94. The van der Waals surface area contributed by atoms with Gasteiger partial charge in [0.05, 0.1) is 0 Å². The highest BCUT2D eigenvalue weighted by atomic mass is 35.5. The van der Waals surface area contributed by atoms with Crippen LogP contribution in [0.25, 0.3) is 0 Å². The Hall–Kier alpha value is -0.640. The Bertz CT molecular complexity index is 348. The minimum atomic E-state index is 0.202. The Kier molecular flexibility index (Phi) is 4.77. The van der Waals surface area contributed by atoms with Crippen LogP contribution in [0.1, 0.15) is 50.1 Å². The summed E-state index contributed by atoms with van der Waals surface area (Å²) in [5.74, 6) is 6.34. The Morgan fingerprint density at radius 3 is 2.59 bits per heavy atom. The third kappa shape index (κ3) is 3.41. The molecule has 1 fully saturated rings. The van der Waals surface area contributed by atoms with E-state index in [-0.39, 0.29) is 6.04 Å². The minimum absolute atomic E-state index is 0.202. The predicted octanol–water partition coefficient (Wildman–Crippen LogP) is 3.21. The largest absolute Gasteiger partial charge is 0.271 e. The van der Waals surface area contributed by atoms with Crippen LogP contribution in [0.4, 0.5) is 0 Å². The maximum Gasteiger partial charge on any atom is 0.129 e. The summed E-state index contributed by atoms with van der Waals surface area (Å²) in [5, 5.41) is 0.538. The predicted molar refractivity (Wildman–Crippen MR) is 70.5 cm³/mol. The van der Waals surface area contributed by atoms with Crippen molar-refractivity contribution in [2.45, 2.75) is 44.6 Å². The highest BCUT2D eigenvalue weighted by Crippen LogP contribution is 2.33. The van der Waals surface area contributed by atoms with E-state index in [2.05, 4.69) is 10.4 Å². The molecule has 3 nitrogen and oxygen atoms in total. The second kappa shape index (κ2) is 6.34. The number of rotatable bonds is 3. The lowest BCUT2D eigenvalue weighted by molar-refractivity contribution is 0.329. The maximum atomic E-state index is 5.94. The van der Waals surface area contributed by atoms with E-state index < -0.39 is 0 Å². The van der Waals surface area contributed by atoms with Gasteiger partial charge in [0.25, 0.3) is 0 Å². The normalized spacial score (nSPS) is 19.9.